The van der Waals surface area contributed by atoms with E-state index in [1.54, 1.807) is 0 Å². The predicted molar refractivity (Wildman–Crippen MR) is 465 cm³/mol. The number of hydrogen-bond donors (Lipinski definition) is 1. The minimum Gasteiger partial charge on any atom is -0.379 e. The molecule has 1 N–H and O–H groups in total. The lowest BCUT2D eigenvalue weighted by molar-refractivity contribution is -0.137. The lowest BCUT2D eigenvalue weighted by Crippen LogP contribution is -2.47. The molecule has 3 aromatic heterocycles. The lowest BCUT2D eigenvalue weighted by Gasteiger charge is -2.38. The molecule has 3 aliphatic carbocycles. The van der Waals surface area contributed by atoms with Gasteiger partial charge < -0.3 is 34.6 Å². The van der Waals surface area contributed by atoms with E-state index in [-0.39, 0.29) is 47.3 Å². The van der Waals surface area contributed by atoms with Gasteiger partial charge in [0.15, 0.2) is 0 Å². The minimum absolute atomic E-state index is 0.00840. The number of fused-ring (bicyclic) bond motifs is 6. The van der Waals surface area contributed by atoms with E-state index in [0.29, 0.717) is 93.5 Å². The second kappa shape index (κ2) is 39.5. The van der Waals surface area contributed by atoms with Crippen LogP contribution in [-0.2, 0) is 67.2 Å². The molecule has 3 aromatic carbocycles. The molecule has 10 heterocycles. The molecule has 10 aliphatic rings. The molecule has 600 valence electrons. The SMILES string of the molecule is O=C(CC1CCN(C(=O)CN2CCOCC2)CC1)N1CCC([C@H]2c3ncc(Br)cc3CCc3cc(Cl)cc(Br)c32)CC1.O=C(CC1CCNCC1)N1CCC([C@H]2c3ncc(Br)cc3CCc3cc(Cl)cc(Br)c32)CC1.O=C(CCl)N1CCC(CC(=O)N2CCC([C@H]3c4ncc(Br)cc4CCc4cc(Cl)cc(Br)c43)CC2)CC1. The smallest absolute Gasteiger partial charge is 0.237 e. The maximum Gasteiger partial charge on any atom is 0.237 e. The van der Waals surface area contributed by atoms with Crippen LogP contribution >= 0.6 is 142 Å². The van der Waals surface area contributed by atoms with Gasteiger partial charge in [0, 0.05) is 176 Å². The zero-order valence-corrected chi connectivity index (χ0v) is 76.0. The van der Waals surface area contributed by atoms with Crippen molar-refractivity contribution in [1.29, 1.82) is 0 Å². The van der Waals surface area contributed by atoms with Crippen molar-refractivity contribution in [2.24, 2.45) is 35.5 Å². The third kappa shape index (κ3) is 20.8. The highest BCUT2D eigenvalue weighted by Crippen LogP contribution is 2.51. The highest BCUT2D eigenvalue weighted by atomic mass is 79.9. The zero-order chi connectivity index (χ0) is 78.3. The first-order valence-corrected chi connectivity index (χ1v) is 46.9. The molecule has 26 heteroatoms. The molecular formula is C86H100Br6Cl4N10O6. The summed E-state index contributed by atoms with van der Waals surface area (Å²) in [5.41, 5.74) is 15.3. The topological polar surface area (TPSA) is 165 Å². The number of nitrogens with one attached hydrogen (secondary N) is 1. The molecule has 0 unspecified atom stereocenters. The number of halogens is 10. The van der Waals surface area contributed by atoms with Crippen LogP contribution in [0.25, 0.3) is 0 Å². The summed E-state index contributed by atoms with van der Waals surface area (Å²) in [5.74, 6) is 4.15. The number of alkyl halides is 1. The van der Waals surface area contributed by atoms with E-state index in [4.69, 9.17) is 66.1 Å². The molecule has 7 fully saturated rings. The Morgan fingerprint density at radius 3 is 1.00 bits per heavy atom. The monoisotopic (exact) mass is 1980 g/mol. The van der Waals surface area contributed by atoms with Crippen LogP contribution in [0.1, 0.15) is 181 Å². The molecule has 7 saturated heterocycles. The normalized spacial score (nSPS) is 21.7. The molecule has 0 spiro atoms. The summed E-state index contributed by atoms with van der Waals surface area (Å²) in [4.78, 5) is 91.3. The van der Waals surface area contributed by atoms with Crippen LogP contribution in [0.5, 0.6) is 0 Å². The summed E-state index contributed by atoms with van der Waals surface area (Å²) < 4.78 is 11.6. The first-order valence-electron chi connectivity index (χ1n) is 40.5. The first kappa shape index (κ1) is 84.8. The van der Waals surface area contributed by atoms with Gasteiger partial charge in [-0.15, -0.1) is 11.6 Å². The molecule has 16 nitrogen and oxygen atoms in total. The van der Waals surface area contributed by atoms with Gasteiger partial charge in [-0.25, -0.2) is 0 Å². The van der Waals surface area contributed by atoms with Crippen LogP contribution in [0.3, 0.4) is 0 Å². The Morgan fingerprint density at radius 1 is 0.375 bits per heavy atom. The number of aromatic nitrogens is 3. The van der Waals surface area contributed by atoms with Crippen LogP contribution in [0.2, 0.25) is 15.1 Å². The van der Waals surface area contributed by atoms with Crippen LogP contribution in [0.4, 0.5) is 0 Å². The number of carbonyl (C=O) groups excluding carboxylic acids is 5. The number of benzene rings is 3. The highest BCUT2D eigenvalue weighted by Gasteiger charge is 2.42. The minimum atomic E-state index is -0.00840. The molecule has 3 atom stereocenters. The van der Waals surface area contributed by atoms with Gasteiger partial charge in [-0.2, -0.15) is 0 Å². The van der Waals surface area contributed by atoms with E-state index in [1.165, 1.54) is 61.5 Å². The summed E-state index contributed by atoms with van der Waals surface area (Å²) in [6.07, 6.45) is 24.9. The number of likely N-dealkylation sites (tertiary alicyclic amines) is 5. The van der Waals surface area contributed by atoms with Gasteiger partial charge in [0.25, 0.3) is 0 Å². The second-order valence-corrected chi connectivity index (χ2v) is 39.4. The number of rotatable bonds is 12. The number of carbonyl (C=O) groups is 5. The van der Waals surface area contributed by atoms with Gasteiger partial charge in [-0.05, 0) is 317 Å². The maximum absolute atomic E-state index is 13.4. The van der Waals surface area contributed by atoms with Gasteiger partial charge >= 0.3 is 0 Å². The fraction of sp³-hybridized carbons (Fsp3) is 0.558. The summed E-state index contributed by atoms with van der Waals surface area (Å²) >= 11 is 47.4. The van der Waals surface area contributed by atoms with E-state index >= 15 is 0 Å². The van der Waals surface area contributed by atoms with E-state index in [9.17, 15) is 24.0 Å². The number of hydrogen-bond acceptors (Lipinski definition) is 11. The Balaban J connectivity index is 0.000000141. The van der Waals surface area contributed by atoms with Gasteiger partial charge in [0.05, 0.1) is 36.8 Å². The molecule has 0 radical (unpaired) electrons. The maximum atomic E-state index is 13.4. The average Bonchev–Trinajstić information content (AvgIpc) is 1.52. The Kier molecular flexibility index (Phi) is 29.9. The lowest BCUT2D eigenvalue weighted by atomic mass is 9.76. The van der Waals surface area contributed by atoms with Crippen molar-refractivity contribution in [2.75, 3.05) is 117 Å². The van der Waals surface area contributed by atoms with Gasteiger partial charge in [-0.3, -0.25) is 43.8 Å². The molecule has 6 aromatic rings. The van der Waals surface area contributed by atoms with E-state index in [1.807, 2.05) is 46.6 Å². The Hall–Kier alpha value is -3.62. The molecule has 0 saturated carbocycles. The van der Waals surface area contributed by atoms with Crippen molar-refractivity contribution in [1.82, 2.24) is 49.7 Å². The third-order valence-corrected chi connectivity index (χ3v) is 29.9. The van der Waals surface area contributed by atoms with Crippen molar-refractivity contribution in [3.63, 3.8) is 0 Å². The molecule has 112 heavy (non-hydrogen) atoms. The van der Waals surface area contributed by atoms with E-state index < -0.39 is 0 Å². The van der Waals surface area contributed by atoms with Crippen LogP contribution < -0.4 is 5.32 Å². The molecule has 16 rings (SSSR count). The summed E-state index contributed by atoms with van der Waals surface area (Å²) in [5, 5.41) is 5.68. The van der Waals surface area contributed by atoms with Crippen molar-refractivity contribution >= 4 is 172 Å². The molecule has 0 bridgehead atoms. The van der Waals surface area contributed by atoms with E-state index in [2.05, 4.69) is 157 Å². The molecule has 7 aliphatic heterocycles. The zero-order valence-electron chi connectivity index (χ0n) is 63.5. The van der Waals surface area contributed by atoms with Crippen molar-refractivity contribution in [3.8, 4) is 0 Å². The number of amides is 5. The highest BCUT2D eigenvalue weighted by molar-refractivity contribution is 9.11. The quantitative estimate of drug-likeness (QED) is 0.116. The first-order chi connectivity index (χ1) is 54.2. The van der Waals surface area contributed by atoms with Gasteiger partial charge in [0.1, 0.15) is 5.88 Å². The number of aryl methyl sites for hydroxylation is 6. The van der Waals surface area contributed by atoms with Crippen molar-refractivity contribution < 1.29 is 28.7 Å². The van der Waals surface area contributed by atoms with Gasteiger partial charge in [-0.1, -0.05) is 82.6 Å². The predicted octanol–water partition coefficient (Wildman–Crippen LogP) is 18.4. The number of piperidine rings is 6. The summed E-state index contributed by atoms with van der Waals surface area (Å²) in [7, 11) is 0. The Labute approximate surface area is 730 Å². The number of ether oxygens (including phenoxy) is 1. The largest absolute Gasteiger partial charge is 0.379 e. The fourth-order valence-corrected chi connectivity index (χ4v) is 24.3. The number of morpholine rings is 1. The van der Waals surface area contributed by atoms with E-state index in [0.717, 1.165) is 242 Å². The summed E-state index contributed by atoms with van der Waals surface area (Å²) in [6, 6.07) is 19.1. The molecular weight excluding hydrogens is 1890 g/mol. The number of pyridine rings is 3. The van der Waals surface area contributed by atoms with Crippen LogP contribution in [0.15, 0.2) is 100 Å². The Morgan fingerprint density at radius 2 is 0.670 bits per heavy atom. The van der Waals surface area contributed by atoms with Gasteiger partial charge in [0.2, 0.25) is 29.5 Å². The standard InChI is InChI=1S/C32H39Br2ClN4O3.C28H31Br2Cl2N3O2.C26H30Br2ClN3O/c33-25-16-24-2-1-23-17-26(35)18-27(34)30(23)31(32(24)36-19-25)22-5-9-38(10-6-22)28(40)15-21-3-7-39(8-4-21)29(41)20-37-11-13-42-14-12-37;29-21-12-20-2-1-19-13-22(32)14-23(30)26(19)27(28(20)33-16-21)18-5-9-34(10-6-18)24(36)11-17-3-7-35(8-4-17)25(37)15-31;27-20-12-19-2-1-18-13-21(29)14-22(28)24(18)25(26(19)31-15-20)17-5-9-32(10-6-17)23(33)11-16-3-7-30-8-4-16/h16-19,21-22,31H,1-15,20H2;12-14,16-18,27H,1-11,15H2;12-17,25,30H,1-11H2/t31-;27-;25-/m111/s1. The van der Waals surface area contributed by atoms with Crippen LogP contribution in [0, 0.1) is 35.5 Å². The second-order valence-electron chi connectivity index (χ2n) is 32.5. The average molecular weight is 1990 g/mol. The van der Waals surface area contributed by atoms with Crippen LogP contribution in [-0.4, -0.2) is 191 Å². The third-order valence-electron chi connectivity index (χ3n) is 25.7. The fourth-order valence-electron chi connectivity index (χ4n) is 19.7. The molecule has 5 amide bonds. The van der Waals surface area contributed by atoms with Crippen molar-refractivity contribution in [2.45, 2.75) is 153 Å². The summed E-state index contributed by atoms with van der Waals surface area (Å²) in [6.45, 7) is 13.3. The van der Waals surface area contributed by atoms with Crippen molar-refractivity contribution in [3.05, 3.63) is 182 Å². The number of nitrogens with zero attached hydrogens (tertiary/aromatic N) is 9. The Bertz CT molecular complexity index is 4380.